The predicted octanol–water partition coefficient (Wildman–Crippen LogP) is 2.71. The molecule has 0 aliphatic heterocycles. The first-order valence-electron chi connectivity index (χ1n) is 8.21. The molecule has 0 fully saturated rings. The van der Waals surface area contributed by atoms with Crippen LogP contribution in [-0.4, -0.2) is 24.4 Å². The highest BCUT2D eigenvalue weighted by atomic mass is 32.1. The zero-order valence-corrected chi connectivity index (χ0v) is 14.9. The highest BCUT2D eigenvalue weighted by Gasteiger charge is 2.05. The van der Waals surface area contributed by atoms with Crippen molar-refractivity contribution in [3.05, 3.63) is 54.2 Å². The first-order valence-corrected chi connectivity index (χ1v) is 9.03. The van der Waals surface area contributed by atoms with Gasteiger partial charge in [0, 0.05) is 18.4 Å². The molecule has 1 aromatic carbocycles. The molecule has 0 saturated heterocycles. The van der Waals surface area contributed by atoms with Gasteiger partial charge in [-0.3, -0.25) is 0 Å². The van der Waals surface area contributed by atoms with E-state index in [1.165, 1.54) is 10.3 Å². The number of benzene rings is 1. The lowest BCUT2D eigenvalue weighted by atomic mass is 10.1. The fourth-order valence-electron chi connectivity index (χ4n) is 2.43. The highest BCUT2D eigenvalue weighted by molar-refractivity contribution is 7.23. The van der Waals surface area contributed by atoms with Crippen LogP contribution in [0, 0.1) is 0 Å². The maximum Gasteiger partial charge on any atom is 0.227 e. The van der Waals surface area contributed by atoms with E-state index in [-0.39, 0.29) is 0 Å². The molecule has 2 heterocycles. The summed E-state index contributed by atoms with van der Waals surface area (Å²) in [5, 5.41) is 6.72. The summed E-state index contributed by atoms with van der Waals surface area (Å²) in [6.45, 7) is 4.08. The van der Waals surface area contributed by atoms with Crippen molar-refractivity contribution in [1.82, 2.24) is 15.3 Å². The van der Waals surface area contributed by atoms with Crippen LogP contribution in [0.15, 0.2) is 48.7 Å². The zero-order valence-electron chi connectivity index (χ0n) is 14.0. The topological polar surface area (TPSA) is 49.8 Å². The molecule has 0 atom stereocenters. The third-order valence-electron chi connectivity index (χ3n) is 3.59. The van der Waals surface area contributed by atoms with Crippen molar-refractivity contribution in [2.75, 3.05) is 11.9 Å². The molecule has 2 N–H and O–H groups in total. The van der Waals surface area contributed by atoms with E-state index in [2.05, 4.69) is 65.7 Å². The summed E-state index contributed by atoms with van der Waals surface area (Å²) >= 11 is 1.74. The lowest BCUT2D eigenvalue weighted by molar-refractivity contribution is 0.675. The van der Waals surface area contributed by atoms with Crippen LogP contribution in [0.2, 0.25) is 0 Å². The quantitative estimate of drug-likeness (QED) is 0.515. The van der Waals surface area contributed by atoms with Gasteiger partial charge in [-0.05, 0) is 47.6 Å². The zero-order chi connectivity index (χ0) is 16.8. The second-order valence-electron chi connectivity index (χ2n) is 5.68. The van der Waals surface area contributed by atoms with E-state index < -0.39 is 0 Å². The van der Waals surface area contributed by atoms with Gasteiger partial charge in [-0.15, -0.1) is 11.3 Å². The van der Waals surface area contributed by atoms with Gasteiger partial charge in [0.1, 0.15) is 0 Å². The Labute approximate surface area is 147 Å². The summed E-state index contributed by atoms with van der Waals surface area (Å²) in [7, 11) is 2.10. The van der Waals surface area contributed by atoms with Gasteiger partial charge < -0.3 is 10.6 Å². The minimum atomic E-state index is 0.622. The van der Waals surface area contributed by atoms with Gasteiger partial charge >= 0.3 is 0 Å². The number of rotatable bonds is 7. The molecule has 0 radical (unpaired) electrons. The predicted molar refractivity (Wildman–Crippen MR) is 105 cm³/mol. The first-order chi connectivity index (χ1) is 11.7. The number of thiophene rings is 1. The van der Waals surface area contributed by atoms with Gasteiger partial charge in [0.2, 0.25) is 5.95 Å². The Morgan fingerprint density at radius 2 is 2.08 bits per heavy atom. The Morgan fingerprint density at radius 1 is 1.17 bits per heavy atom. The minimum Gasteiger partial charge on any atom is -0.324 e. The van der Waals surface area contributed by atoms with Crippen molar-refractivity contribution >= 4 is 35.6 Å². The van der Waals surface area contributed by atoms with Crippen molar-refractivity contribution < 1.29 is 0 Å². The Kier molecular flexibility index (Phi) is 5.61. The van der Waals surface area contributed by atoms with Gasteiger partial charge in [-0.25, -0.2) is 9.97 Å². The Morgan fingerprint density at radius 3 is 2.88 bits per heavy atom. The highest BCUT2D eigenvalue weighted by Crippen LogP contribution is 2.22. The van der Waals surface area contributed by atoms with E-state index in [9.17, 15) is 0 Å². The molecule has 2 aromatic heterocycles. The summed E-state index contributed by atoms with van der Waals surface area (Å²) in [6.07, 6.45) is 2.94. The van der Waals surface area contributed by atoms with Gasteiger partial charge in [-0.1, -0.05) is 25.1 Å². The molecule has 0 spiro atoms. The van der Waals surface area contributed by atoms with E-state index in [0.29, 0.717) is 5.95 Å². The maximum absolute atomic E-state index is 4.63. The number of aromatic nitrogens is 2. The van der Waals surface area contributed by atoms with Crippen LogP contribution in [0.3, 0.4) is 0 Å². The number of hydrogen-bond donors (Lipinski definition) is 2. The number of nitrogens with one attached hydrogen (secondary N) is 2. The fraction of sp³-hybridized carbons (Fsp3) is 0.222. The molecule has 0 bridgehead atoms. The lowest BCUT2D eigenvalue weighted by Gasteiger charge is -2.08. The van der Waals surface area contributed by atoms with Crippen LogP contribution in [0.4, 0.5) is 11.6 Å². The molecule has 3 aromatic rings. The number of nitrogens with zero attached hydrogens (tertiary/aromatic N) is 2. The van der Waals surface area contributed by atoms with Gasteiger partial charge in [0.25, 0.3) is 0 Å². The molecular weight excluding hydrogens is 315 g/mol. The Bertz CT molecular complexity index is 803. The van der Waals surface area contributed by atoms with Crippen LogP contribution in [-0.2, 0) is 6.54 Å². The van der Waals surface area contributed by atoms with E-state index in [4.69, 9.17) is 0 Å². The molecule has 0 amide bonds. The van der Waals surface area contributed by atoms with Gasteiger partial charge in [0.05, 0.1) is 10.6 Å². The van der Waals surface area contributed by atoms with Crippen molar-refractivity contribution in [2.24, 2.45) is 0 Å². The molecule has 24 heavy (non-hydrogen) atoms. The standard InChI is InChI=1S/C18H21BN4S/c1-2-9-20-12-13-4-3-5-14(11-13)22-18-21-10-8-15(23-18)16-6-7-17(19)24-16/h3-8,10-11,20H,2,9,12,19H2,1H3,(H,21,22,23). The second-order valence-corrected chi connectivity index (χ2v) is 6.97. The fourth-order valence-corrected chi connectivity index (χ4v) is 3.26. The molecule has 122 valence electrons. The molecule has 0 unspecified atom stereocenters. The van der Waals surface area contributed by atoms with Crippen molar-refractivity contribution in [3.63, 3.8) is 0 Å². The van der Waals surface area contributed by atoms with E-state index in [1.807, 2.05) is 12.1 Å². The average molecular weight is 336 g/mol. The molecule has 6 heteroatoms. The molecular formula is C18H21BN4S. The van der Waals surface area contributed by atoms with E-state index >= 15 is 0 Å². The molecule has 0 aliphatic carbocycles. The maximum atomic E-state index is 4.63. The lowest BCUT2D eigenvalue weighted by Crippen LogP contribution is -2.13. The summed E-state index contributed by atoms with van der Waals surface area (Å²) in [5.74, 6) is 0.622. The summed E-state index contributed by atoms with van der Waals surface area (Å²) < 4.78 is 1.28. The van der Waals surface area contributed by atoms with Gasteiger partial charge in [-0.2, -0.15) is 0 Å². The van der Waals surface area contributed by atoms with Crippen LogP contribution < -0.4 is 15.4 Å². The van der Waals surface area contributed by atoms with Crippen molar-refractivity contribution in [3.8, 4) is 10.6 Å². The Hall–Kier alpha value is -2.18. The van der Waals surface area contributed by atoms with E-state index in [1.54, 1.807) is 17.5 Å². The Balaban J connectivity index is 1.73. The normalized spacial score (nSPS) is 10.7. The van der Waals surface area contributed by atoms with E-state index in [0.717, 1.165) is 35.8 Å². The molecule has 0 aliphatic rings. The van der Waals surface area contributed by atoms with Crippen molar-refractivity contribution in [1.29, 1.82) is 0 Å². The molecule has 4 nitrogen and oxygen atoms in total. The number of anilines is 2. The molecule has 3 rings (SSSR count). The second kappa shape index (κ2) is 8.08. The number of hydrogen-bond acceptors (Lipinski definition) is 5. The van der Waals surface area contributed by atoms with Crippen LogP contribution in [0.1, 0.15) is 18.9 Å². The van der Waals surface area contributed by atoms with Crippen molar-refractivity contribution in [2.45, 2.75) is 19.9 Å². The average Bonchev–Trinajstić information content (AvgIpc) is 3.02. The third-order valence-corrected chi connectivity index (χ3v) is 4.61. The van der Waals surface area contributed by atoms with Gasteiger partial charge in [0.15, 0.2) is 7.85 Å². The van der Waals surface area contributed by atoms with Crippen LogP contribution in [0.5, 0.6) is 0 Å². The van der Waals surface area contributed by atoms with Crippen LogP contribution in [0.25, 0.3) is 10.6 Å². The summed E-state index contributed by atoms with van der Waals surface area (Å²) in [5.41, 5.74) is 3.20. The summed E-state index contributed by atoms with van der Waals surface area (Å²) in [4.78, 5) is 10.1. The largest absolute Gasteiger partial charge is 0.324 e. The first kappa shape index (κ1) is 16.7. The monoisotopic (exact) mass is 336 g/mol. The van der Waals surface area contributed by atoms with Crippen LogP contribution >= 0.6 is 11.3 Å². The SMILES string of the molecule is Bc1ccc(-c2ccnc(Nc3cccc(CNCCC)c3)n2)s1. The minimum absolute atomic E-state index is 0.622. The molecule has 0 saturated carbocycles. The summed E-state index contributed by atoms with van der Waals surface area (Å²) in [6, 6.07) is 14.5. The third kappa shape index (κ3) is 4.43. The smallest absolute Gasteiger partial charge is 0.227 e.